The van der Waals surface area contributed by atoms with Crippen LogP contribution in [0.2, 0.25) is 0 Å². The summed E-state index contributed by atoms with van der Waals surface area (Å²) >= 11 is 0. The lowest BCUT2D eigenvalue weighted by molar-refractivity contribution is 0.166. The fourth-order valence-corrected chi connectivity index (χ4v) is 3.28. The number of likely N-dealkylation sites (tertiary alicyclic amines) is 1. The highest BCUT2D eigenvalue weighted by Crippen LogP contribution is 2.39. The van der Waals surface area contributed by atoms with E-state index < -0.39 is 0 Å². The summed E-state index contributed by atoms with van der Waals surface area (Å²) in [6, 6.07) is 5.42. The number of aromatic nitrogens is 2. The number of aliphatic hydroxyl groups excluding tert-OH is 1. The van der Waals surface area contributed by atoms with Crippen molar-refractivity contribution in [1.29, 1.82) is 0 Å². The minimum Gasteiger partial charge on any atom is -0.394 e. The molecule has 4 rings (SSSR count). The summed E-state index contributed by atoms with van der Waals surface area (Å²) in [5.74, 6) is 1.76. The van der Waals surface area contributed by atoms with Crippen molar-refractivity contribution >= 4 is 11.7 Å². The number of hydrogen-bond acceptors (Lipinski definition) is 5. The van der Waals surface area contributed by atoms with Gasteiger partial charge in [0.1, 0.15) is 0 Å². The second-order valence-corrected chi connectivity index (χ2v) is 6.86. The number of anilines is 1. The fourth-order valence-electron chi connectivity index (χ4n) is 3.28. The quantitative estimate of drug-likeness (QED) is 0.891. The SMILES string of the molecule is Cc1cc(-c2nc(C3CC3)no2)ccc1NC(=O)N1CCCC1CO. The molecule has 7 nitrogen and oxygen atoms in total. The van der Waals surface area contributed by atoms with Crippen LogP contribution < -0.4 is 5.32 Å². The molecule has 1 aliphatic carbocycles. The zero-order valence-electron chi connectivity index (χ0n) is 14.2. The zero-order valence-corrected chi connectivity index (χ0v) is 14.2. The average Bonchev–Trinajstić information content (AvgIpc) is 3.15. The molecule has 0 radical (unpaired) electrons. The molecule has 2 aromatic rings. The molecule has 25 heavy (non-hydrogen) atoms. The van der Waals surface area contributed by atoms with Crippen molar-refractivity contribution < 1.29 is 14.4 Å². The lowest BCUT2D eigenvalue weighted by atomic mass is 10.1. The Labute approximate surface area is 146 Å². The van der Waals surface area contributed by atoms with Gasteiger partial charge in [0.25, 0.3) is 5.89 Å². The summed E-state index contributed by atoms with van der Waals surface area (Å²) in [7, 11) is 0. The van der Waals surface area contributed by atoms with Crippen LogP contribution in [0, 0.1) is 6.92 Å². The minimum absolute atomic E-state index is 0.00578. The van der Waals surface area contributed by atoms with Gasteiger partial charge in [-0.1, -0.05) is 5.16 Å². The molecule has 2 amide bonds. The van der Waals surface area contributed by atoms with E-state index >= 15 is 0 Å². The molecule has 2 aliphatic rings. The number of benzene rings is 1. The summed E-state index contributed by atoms with van der Waals surface area (Å²) in [6.07, 6.45) is 4.04. The lowest BCUT2D eigenvalue weighted by Crippen LogP contribution is -2.40. The highest BCUT2D eigenvalue weighted by molar-refractivity contribution is 5.91. The predicted molar refractivity (Wildman–Crippen MR) is 92.3 cm³/mol. The Hall–Kier alpha value is -2.41. The first-order valence-corrected chi connectivity index (χ1v) is 8.79. The second-order valence-electron chi connectivity index (χ2n) is 6.86. The molecular weight excluding hydrogens is 320 g/mol. The maximum absolute atomic E-state index is 12.4. The first kappa shape index (κ1) is 16.1. The number of aryl methyl sites for hydroxylation is 1. The number of urea groups is 1. The van der Waals surface area contributed by atoms with E-state index in [1.54, 1.807) is 4.90 Å². The molecule has 2 N–H and O–H groups in total. The molecule has 2 heterocycles. The topological polar surface area (TPSA) is 91.5 Å². The van der Waals surface area contributed by atoms with E-state index in [0.717, 1.165) is 48.3 Å². The third kappa shape index (κ3) is 3.24. The molecule has 0 spiro atoms. The number of carbonyl (C=O) groups excluding carboxylic acids is 1. The van der Waals surface area contributed by atoms with Crippen LogP contribution in [0.5, 0.6) is 0 Å². The van der Waals surface area contributed by atoms with E-state index in [9.17, 15) is 9.90 Å². The number of carbonyl (C=O) groups is 1. The molecule has 2 fully saturated rings. The monoisotopic (exact) mass is 342 g/mol. The van der Waals surface area contributed by atoms with Crippen molar-refractivity contribution in [2.24, 2.45) is 0 Å². The fraction of sp³-hybridized carbons (Fsp3) is 0.500. The highest BCUT2D eigenvalue weighted by Gasteiger charge is 2.29. The van der Waals surface area contributed by atoms with Crippen LogP contribution in [-0.4, -0.2) is 45.4 Å². The van der Waals surface area contributed by atoms with Crippen LogP contribution in [0.4, 0.5) is 10.5 Å². The normalized spacial score (nSPS) is 20.1. The van der Waals surface area contributed by atoms with Crippen LogP contribution in [0.1, 0.15) is 43.0 Å². The van der Waals surface area contributed by atoms with Gasteiger partial charge in [0, 0.05) is 23.7 Å². The third-order valence-corrected chi connectivity index (χ3v) is 4.95. The molecule has 1 aliphatic heterocycles. The van der Waals surface area contributed by atoms with Crippen molar-refractivity contribution in [3.8, 4) is 11.5 Å². The van der Waals surface area contributed by atoms with Gasteiger partial charge in [-0.05, 0) is 56.4 Å². The first-order chi connectivity index (χ1) is 12.2. The molecule has 1 saturated carbocycles. The molecule has 1 aromatic carbocycles. The maximum atomic E-state index is 12.4. The van der Waals surface area contributed by atoms with E-state index in [2.05, 4.69) is 15.5 Å². The number of aliphatic hydroxyl groups is 1. The summed E-state index contributed by atoms with van der Waals surface area (Å²) in [4.78, 5) is 18.6. The largest absolute Gasteiger partial charge is 0.394 e. The number of rotatable bonds is 4. The van der Waals surface area contributed by atoms with Gasteiger partial charge in [-0.15, -0.1) is 0 Å². The Morgan fingerprint density at radius 1 is 1.40 bits per heavy atom. The van der Waals surface area contributed by atoms with E-state index in [-0.39, 0.29) is 18.7 Å². The standard InChI is InChI=1S/C18H22N4O3/c1-11-9-13(17-20-16(21-25-17)12-4-5-12)6-7-15(11)19-18(24)22-8-2-3-14(22)10-23/h6-7,9,12,14,23H,2-5,8,10H2,1H3,(H,19,24). The molecule has 1 aromatic heterocycles. The Bertz CT molecular complexity index is 784. The van der Waals surface area contributed by atoms with Crippen molar-refractivity contribution in [3.05, 3.63) is 29.6 Å². The third-order valence-electron chi connectivity index (χ3n) is 4.95. The Kier molecular flexibility index (Phi) is 4.17. The molecular formula is C18H22N4O3. The van der Waals surface area contributed by atoms with E-state index in [1.165, 1.54) is 0 Å². The van der Waals surface area contributed by atoms with Gasteiger partial charge in [0.2, 0.25) is 0 Å². The molecule has 1 atom stereocenters. The number of amides is 2. The summed E-state index contributed by atoms with van der Waals surface area (Å²) in [6.45, 7) is 2.62. The molecule has 7 heteroatoms. The van der Waals surface area contributed by atoms with Gasteiger partial charge in [0.15, 0.2) is 5.82 Å². The van der Waals surface area contributed by atoms with Crippen molar-refractivity contribution in [1.82, 2.24) is 15.0 Å². The second kappa shape index (κ2) is 6.48. The lowest BCUT2D eigenvalue weighted by Gasteiger charge is -2.23. The summed E-state index contributed by atoms with van der Waals surface area (Å²) < 4.78 is 5.35. The molecule has 1 unspecified atom stereocenters. The van der Waals surface area contributed by atoms with Crippen molar-refractivity contribution in [2.45, 2.75) is 44.6 Å². The summed E-state index contributed by atoms with van der Waals surface area (Å²) in [5.41, 5.74) is 2.53. The van der Waals surface area contributed by atoms with E-state index in [4.69, 9.17) is 4.52 Å². The van der Waals surface area contributed by atoms with Crippen LogP contribution in [0.3, 0.4) is 0 Å². The van der Waals surface area contributed by atoms with E-state index in [0.29, 0.717) is 18.4 Å². The molecule has 1 saturated heterocycles. The van der Waals surface area contributed by atoms with Crippen LogP contribution in [0.25, 0.3) is 11.5 Å². The van der Waals surface area contributed by atoms with Gasteiger partial charge in [-0.25, -0.2) is 4.79 Å². The average molecular weight is 342 g/mol. The van der Waals surface area contributed by atoms with Gasteiger partial charge in [0.05, 0.1) is 12.6 Å². The molecule has 0 bridgehead atoms. The number of hydrogen-bond donors (Lipinski definition) is 2. The van der Waals surface area contributed by atoms with Gasteiger partial charge >= 0.3 is 6.03 Å². The van der Waals surface area contributed by atoms with Gasteiger partial charge in [-0.3, -0.25) is 0 Å². The summed E-state index contributed by atoms with van der Waals surface area (Å²) in [5, 5.41) is 16.3. The highest BCUT2D eigenvalue weighted by atomic mass is 16.5. The zero-order chi connectivity index (χ0) is 17.4. The van der Waals surface area contributed by atoms with Crippen molar-refractivity contribution in [3.63, 3.8) is 0 Å². The van der Waals surface area contributed by atoms with Gasteiger partial charge in [-0.2, -0.15) is 4.98 Å². The van der Waals surface area contributed by atoms with Crippen molar-refractivity contribution in [2.75, 3.05) is 18.5 Å². The Morgan fingerprint density at radius 3 is 2.96 bits per heavy atom. The first-order valence-electron chi connectivity index (χ1n) is 8.79. The molecule has 132 valence electrons. The van der Waals surface area contributed by atoms with Crippen LogP contribution in [-0.2, 0) is 0 Å². The predicted octanol–water partition coefficient (Wildman–Crippen LogP) is 2.91. The number of nitrogens with one attached hydrogen (secondary N) is 1. The van der Waals surface area contributed by atoms with E-state index in [1.807, 2.05) is 25.1 Å². The Morgan fingerprint density at radius 2 is 2.24 bits per heavy atom. The van der Waals surface area contributed by atoms with Crippen LogP contribution in [0.15, 0.2) is 22.7 Å². The minimum atomic E-state index is -0.166. The Balaban J connectivity index is 1.48. The maximum Gasteiger partial charge on any atom is 0.322 e. The van der Waals surface area contributed by atoms with Crippen LogP contribution >= 0.6 is 0 Å². The smallest absolute Gasteiger partial charge is 0.322 e. The van der Waals surface area contributed by atoms with Gasteiger partial charge < -0.3 is 19.8 Å². The number of nitrogens with zero attached hydrogens (tertiary/aromatic N) is 3.